The monoisotopic (exact) mass is 294 g/mol. The third-order valence-corrected chi connectivity index (χ3v) is 3.02. The van der Waals surface area contributed by atoms with E-state index in [1.165, 1.54) is 0 Å². The topological polar surface area (TPSA) is 36.9 Å². The lowest BCUT2D eigenvalue weighted by Gasteiger charge is -2.30. The molecule has 0 bridgehead atoms. The second-order valence-corrected chi connectivity index (χ2v) is 4.62. The highest BCUT2D eigenvalue weighted by atomic mass is 19.4. The predicted molar refractivity (Wildman–Crippen MR) is 64.1 cm³/mol. The van der Waals surface area contributed by atoms with Gasteiger partial charge in [0, 0.05) is 12.7 Å². The summed E-state index contributed by atoms with van der Waals surface area (Å²) >= 11 is 0. The number of hydrogen-bond donors (Lipinski definition) is 0. The van der Waals surface area contributed by atoms with Gasteiger partial charge in [-0.2, -0.15) is 13.2 Å². The van der Waals surface area contributed by atoms with Crippen LogP contribution in [0.4, 0.5) is 13.2 Å². The second kappa shape index (κ2) is 6.71. The van der Waals surface area contributed by atoms with Crippen molar-refractivity contribution in [1.29, 1.82) is 0 Å². The quantitative estimate of drug-likeness (QED) is 0.796. The summed E-state index contributed by atoms with van der Waals surface area (Å²) in [5.74, 6) is 0. The zero-order chi connectivity index (χ0) is 14.6. The summed E-state index contributed by atoms with van der Waals surface area (Å²) in [7, 11) is 1.58. The van der Waals surface area contributed by atoms with E-state index in [1.807, 2.05) is 0 Å². The largest absolute Gasteiger partial charge is 0.411 e. The molecule has 0 aromatic rings. The Balaban J connectivity index is 1.77. The van der Waals surface area contributed by atoms with Crippen LogP contribution in [0.5, 0.6) is 0 Å². The molecule has 0 radical (unpaired) electrons. The van der Waals surface area contributed by atoms with Crippen molar-refractivity contribution in [2.75, 3.05) is 26.9 Å². The van der Waals surface area contributed by atoms with E-state index in [0.29, 0.717) is 19.6 Å². The molecule has 0 spiro atoms. The standard InChI is InChI=1S/C13H17F3O4/c1-17-11-6-18-12(19-7-11)9-2-4-10(5-3-9)20-8-13(14,15)16/h2-4,10-12H,5-8H2,1H3. The summed E-state index contributed by atoms with van der Waals surface area (Å²) < 4.78 is 56.9. The highest BCUT2D eigenvalue weighted by Crippen LogP contribution is 2.23. The maximum atomic E-state index is 12.0. The molecule has 20 heavy (non-hydrogen) atoms. The van der Waals surface area contributed by atoms with E-state index in [0.717, 1.165) is 5.57 Å². The molecule has 0 aromatic heterocycles. The average Bonchev–Trinajstić information content (AvgIpc) is 2.45. The Labute approximate surface area is 115 Å². The maximum Gasteiger partial charge on any atom is 0.411 e. The van der Waals surface area contributed by atoms with Gasteiger partial charge in [0.05, 0.1) is 19.3 Å². The van der Waals surface area contributed by atoms with Gasteiger partial charge in [0.15, 0.2) is 6.29 Å². The average molecular weight is 294 g/mol. The SMILES string of the molecule is COC1COC(C2=CCC(OCC(F)(F)F)C=C2)OC1. The molecule has 4 nitrogen and oxygen atoms in total. The first-order valence-corrected chi connectivity index (χ1v) is 6.30. The van der Waals surface area contributed by atoms with E-state index in [2.05, 4.69) is 0 Å². The Morgan fingerprint density at radius 1 is 1.30 bits per heavy atom. The fourth-order valence-electron chi connectivity index (χ4n) is 1.93. The van der Waals surface area contributed by atoms with Gasteiger partial charge < -0.3 is 18.9 Å². The lowest BCUT2D eigenvalue weighted by atomic mass is 10.0. The smallest absolute Gasteiger partial charge is 0.377 e. The van der Waals surface area contributed by atoms with Crippen molar-refractivity contribution in [2.24, 2.45) is 0 Å². The van der Waals surface area contributed by atoms with Crippen LogP contribution in [0.3, 0.4) is 0 Å². The normalized spacial score (nSPS) is 31.2. The summed E-state index contributed by atoms with van der Waals surface area (Å²) in [6.45, 7) is -0.377. The van der Waals surface area contributed by atoms with Gasteiger partial charge in [0.2, 0.25) is 0 Å². The van der Waals surface area contributed by atoms with Crippen LogP contribution in [0, 0.1) is 0 Å². The molecule has 2 rings (SSSR count). The van der Waals surface area contributed by atoms with Crippen molar-refractivity contribution in [3.05, 3.63) is 23.8 Å². The van der Waals surface area contributed by atoms with Crippen LogP contribution in [0.2, 0.25) is 0 Å². The zero-order valence-corrected chi connectivity index (χ0v) is 11.1. The molecule has 1 aliphatic carbocycles. The van der Waals surface area contributed by atoms with E-state index < -0.39 is 25.2 Å². The minimum atomic E-state index is -4.30. The molecule has 0 N–H and O–H groups in total. The second-order valence-electron chi connectivity index (χ2n) is 4.62. The minimum absolute atomic E-state index is 0.0812. The molecule has 0 amide bonds. The molecular formula is C13H17F3O4. The van der Waals surface area contributed by atoms with Gasteiger partial charge in [-0.1, -0.05) is 18.2 Å². The van der Waals surface area contributed by atoms with Crippen molar-refractivity contribution < 1.29 is 32.1 Å². The molecule has 114 valence electrons. The minimum Gasteiger partial charge on any atom is -0.377 e. The molecule has 1 unspecified atom stereocenters. The fourth-order valence-corrected chi connectivity index (χ4v) is 1.93. The van der Waals surface area contributed by atoms with Crippen LogP contribution >= 0.6 is 0 Å². The van der Waals surface area contributed by atoms with Crippen molar-refractivity contribution >= 4 is 0 Å². The number of halogens is 3. The Hall–Kier alpha value is -0.890. The van der Waals surface area contributed by atoms with Crippen molar-refractivity contribution in [3.8, 4) is 0 Å². The molecule has 7 heteroatoms. The lowest BCUT2D eigenvalue weighted by molar-refractivity contribution is -0.203. The number of ether oxygens (including phenoxy) is 4. The van der Waals surface area contributed by atoms with Crippen molar-refractivity contribution in [1.82, 2.24) is 0 Å². The van der Waals surface area contributed by atoms with Crippen LogP contribution in [0.15, 0.2) is 23.8 Å². The molecular weight excluding hydrogens is 277 g/mol. The summed E-state index contributed by atoms with van der Waals surface area (Å²) in [5, 5.41) is 0. The molecule has 1 saturated heterocycles. The molecule has 2 aliphatic rings. The molecule has 1 atom stereocenters. The van der Waals surface area contributed by atoms with Gasteiger partial charge >= 0.3 is 6.18 Å². The maximum absolute atomic E-state index is 12.0. The van der Waals surface area contributed by atoms with E-state index in [-0.39, 0.29) is 6.10 Å². The summed E-state index contributed by atoms with van der Waals surface area (Å²) in [6, 6.07) is 0. The van der Waals surface area contributed by atoms with Crippen LogP contribution in [-0.4, -0.2) is 51.6 Å². The highest BCUT2D eigenvalue weighted by molar-refractivity contribution is 5.27. The Bertz CT molecular complexity index is 370. The number of rotatable bonds is 4. The lowest BCUT2D eigenvalue weighted by Crippen LogP contribution is -2.37. The third kappa shape index (κ3) is 4.59. The summed E-state index contributed by atoms with van der Waals surface area (Å²) in [5.41, 5.74) is 0.798. The van der Waals surface area contributed by atoms with Gasteiger partial charge in [0.25, 0.3) is 0 Å². The van der Waals surface area contributed by atoms with E-state index >= 15 is 0 Å². The Morgan fingerprint density at radius 3 is 2.50 bits per heavy atom. The van der Waals surface area contributed by atoms with E-state index in [1.54, 1.807) is 25.3 Å². The van der Waals surface area contributed by atoms with Crippen molar-refractivity contribution in [2.45, 2.75) is 31.1 Å². The Morgan fingerprint density at radius 2 is 2.00 bits per heavy atom. The fraction of sp³-hybridized carbons (Fsp3) is 0.692. The van der Waals surface area contributed by atoms with Gasteiger partial charge in [-0.05, 0) is 6.42 Å². The number of hydrogen-bond acceptors (Lipinski definition) is 4. The first kappa shape index (κ1) is 15.5. The number of alkyl halides is 3. The van der Waals surface area contributed by atoms with Gasteiger partial charge in [0.1, 0.15) is 12.7 Å². The molecule has 0 aromatic carbocycles. The predicted octanol–water partition coefficient (Wildman–Crippen LogP) is 2.21. The first-order valence-electron chi connectivity index (χ1n) is 6.30. The molecule has 1 aliphatic heterocycles. The van der Waals surface area contributed by atoms with Gasteiger partial charge in [-0.25, -0.2) is 0 Å². The van der Waals surface area contributed by atoms with E-state index in [9.17, 15) is 13.2 Å². The molecule has 0 saturated carbocycles. The van der Waals surface area contributed by atoms with Gasteiger partial charge in [-0.15, -0.1) is 0 Å². The number of methoxy groups -OCH3 is 1. The van der Waals surface area contributed by atoms with E-state index in [4.69, 9.17) is 18.9 Å². The summed E-state index contributed by atoms with van der Waals surface area (Å²) in [4.78, 5) is 0. The van der Waals surface area contributed by atoms with Crippen LogP contribution < -0.4 is 0 Å². The molecule has 1 fully saturated rings. The highest BCUT2D eigenvalue weighted by Gasteiger charge is 2.30. The van der Waals surface area contributed by atoms with Crippen LogP contribution in [0.25, 0.3) is 0 Å². The van der Waals surface area contributed by atoms with Gasteiger partial charge in [-0.3, -0.25) is 0 Å². The molecule has 1 heterocycles. The van der Waals surface area contributed by atoms with Crippen LogP contribution in [-0.2, 0) is 18.9 Å². The Kier molecular flexibility index (Phi) is 5.20. The summed E-state index contributed by atoms with van der Waals surface area (Å²) in [6.07, 6.45) is -0.00193. The van der Waals surface area contributed by atoms with Crippen molar-refractivity contribution in [3.63, 3.8) is 0 Å². The third-order valence-electron chi connectivity index (χ3n) is 3.02. The zero-order valence-electron chi connectivity index (χ0n) is 11.1. The first-order chi connectivity index (χ1) is 9.48. The van der Waals surface area contributed by atoms with Crippen LogP contribution in [0.1, 0.15) is 6.42 Å².